The van der Waals surface area contributed by atoms with Crippen molar-refractivity contribution in [2.24, 2.45) is 0 Å². The third kappa shape index (κ3) is 3.02. The maximum Gasteiger partial charge on any atom is 0.275 e. The molecule has 1 aliphatic heterocycles. The molecule has 26 heavy (non-hydrogen) atoms. The van der Waals surface area contributed by atoms with E-state index < -0.39 is 4.92 Å². The number of fused-ring (bicyclic) bond motifs is 1. The number of nitro groups is 1. The number of rotatable bonds is 4. The smallest absolute Gasteiger partial charge is 0.275 e. The molecule has 0 aliphatic carbocycles. The average Bonchev–Trinajstić information content (AvgIpc) is 2.66. The minimum atomic E-state index is -0.439. The summed E-state index contributed by atoms with van der Waals surface area (Å²) < 4.78 is 10.7. The fourth-order valence-electron chi connectivity index (χ4n) is 3.36. The van der Waals surface area contributed by atoms with E-state index in [-0.39, 0.29) is 11.3 Å². The molecule has 0 amide bonds. The Kier molecular flexibility index (Phi) is 4.67. The Morgan fingerprint density at radius 1 is 1.15 bits per heavy atom. The molecule has 0 spiro atoms. The molecule has 0 saturated carbocycles. The highest BCUT2D eigenvalue weighted by Gasteiger charge is 2.24. The van der Waals surface area contributed by atoms with E-state index in [9.17, 15) is 15.4 Å². The summed E-state index contributed by atoms with van der Waals surface area (Å²) in [5.41, 5.74) is 3.79. The lowest BCUT2D eigenvalue weighted by atomic mass is 9.97. The van der Waals surface area contributed by atoms with Gasteiger partial charge in [0, 0.05) is 24.8 Å². The summed E-state index contributed by atoms with van der Waals surface area (Å²) in [6, 6.07) is 8.98. The zero-order valence-electron chi connectivity index (χ0n) is 14.9. The zero-order chi connectivity index (χ0) is 18.8. The number of anilines is 1. The van der Waals surface area contributed by atoms with Gasteiger partial charge in [-0.25, -0.2) is 0 Å². The predicted molar refractivity (Wildman–Crippen MR) is 96.8 cm³/mol. The van der Waals surface area contributed by atoms with Crippen molar-refractivity contribution in [2.75, 3.05) is 25.7 Å². The Labute approximate surface area is 151 Å². The molecule has 0 bridgehead atoms. The normalized spacial score (nSPS) is 12.9. The van der Waals surface area contributed by atoms with Crippen LogP contribution in [0.1, 0.15) is 22.3 Å². The first-order chi connectivity index (χ1) is 12.5. The van der Waals surface area contributed by atoms with Crippen LogP contribution in [0.3, 0.4) is 0 Å². The molecule has 0 saturated heterocycles. The summed E-state index contributed by atoms with van der Waals surface area (Å²) in [7, 11) is 3.20. The molecule has 0 N–H and O–H groups in total. The summed E-state index contributed by atoms with van der Waals surface area (Å²) in [4.78, 5) is 13.0. The Hall–Kier alpha value is -3.27. The van der Waals surface area contributed by atoms with Crippen LogP contribution >= 0.6 is 0 Å². The van der Waals surface area contributed by atoms with Gasteiger partial charge in [-0.15, -0.1) is 0 Å². The van der Waals surface area contributed by atoms with Crippen LogP contribution in [0.2, 0.25) is 0 Å². The Bertz CT molecular complexity index is 918. The van der Waals surface area contributed by atoms with Crippen molar-refractivity contribution >= 4 is 11.4 Å². The zero-order valence-corrected chi connectivity index (χ0v) is 14.9. The number of nitriles is 1. The van der Waals surface area contributed by atoms with Gasteiger partial charge in [0.25, 0.3) is 5.69 Å². The van der Waals surface area contributed by atoms with Crippen molar-refractivity contribution in [3.8, 4) is 17.6 Å². The molecule has 1 heterocycles. The molecule has 3 rings (SSSR count). The molecule has 1 aliphatic rings. The number of benzene rings is 2. The van der Waals surface area contributed by atoms with Crippen molar-refractivity contribution in [1.29, 1.82) is 5.26 Å². The number of methoxy groups -OCH3 is 2. The SMILES string of the molecule is COc1cc2c(cc1OC)CN(c1cc(C#N)cc([N+](=O)[O-])c1C)CC2. The number of hydrogen-bond donors (Lipinski definition) is 0. The standard InChI is InChI=1S/C19H19N3O4/c1-12-16(6-13(10-20)7-17(12)22(23)24)21-5-4-14-8-18(25-2)19(26-3)9-15(14)11-21/h6-9H,4-5,11H2,1-3H3. The Balaban J connectivity index is 2.03. The second-order valence-corrected chi connectivity index (χ2v) is 6.16. The molecule has 0 fully saturated rings. The van der Waals surface area contributed by atoms with Gasteiger partial charge in [0.05, 0.1) is 36.3 Å². The highest BCUT2D eigenvalue weighted by molar-refractivity contribution is 5.66. The van der Waals surface area contributed by atoms with Crippen LogP contribution in [0, 0.1) is 28.4 Å². The van der Waals surface area contributed by atoms with Gasteiger partial charge in [-0.3, -0.25) is 10.1 Å². The number of hydrogen-bond acceptors (Lipinski definition) is 6. The summed E-state index contributed by atoms with van der Waals surface area (Å²) in [6.45, 7) is 3.01. The summed E-state index contributed by atoms with van der Waals surface area (Å²) in [6.07, 6.45) is 0.777. The largest absolute Gasteiger partial charge is 0.493 e. The molecule has 7 nitrogen and oxygen atoms in total. The summed E-state index contributed by atoms with van der Waals surface area (Å²) in [5, 5.41) is 20.5. The van der Waals surface area contributed by atoms with Crippen LogP contribution in [0.4, 0.5) is 11.4 Å². The van der Waals surface area contributed by atoms with Gasteiger partial charge < -0.3 is 14.4 Å². The number of nitrogens with zero attached hydrogens (tertiary/aromatic N) is 3. The number of ether oxygens (including phenoxy) is 2. The molecular formula is C19H19N3O4. The molecule has 0 unspecified atom stereocenters. The van der Waals surface area contributed by atoms with Gasteiger partial charge in [0.15, 0.2) is 11.5 Å². The molecule has 134 valence electrons. The molecular weight excluding hydrogens is 334 g/mol. The van der Waals surface area contributed by atoms with Gasteiger partial charge in [0.1, 0.15) is 0 Å². The van der Waals surface area contributed by atoms with Crippen molar-refractivity contribution in [2.45, 2.75) is 19.9 Å². The third-order valence-corrected chi connectivity index (χ3v) is 4.74. The second kappa shape index (κ2) is 6.92. The van der Waals surface area contributed by atoms with E-state index in [0.717, 1.165) is 17.7 Å². The van der Waals surface area contributed by atoms with Gasteiger partial charge in [-0.2, -0.15) is 5.26 Å². The van der Waals surface area contributed by atoms with Crippen molar-refractivity contribution in [1.82, 2.24) is 0 Å². The van der Waals surface area contributed by atoms with Crippen LogP contribution in [-0.4, -0.2) is 25.7 Å². The fourth-order valence-corrected chi connectivity index (χ4v) is 3.36. The van der Waals surface area contributed by atoms with Crippen molar-refractivity contribution < 1.29 is 14.4 Å². The Morgan fingerprint density at radius 3 is 2.38 bits per heavy atom. The van der Waals surface area contributed by atoms with Crippen molar-refractivity contribution in [3.05, 3.63) is 56.6 Å². The van der Waals surface area contributed by atoms with E-state index in [4.69, 9.17) is 9.47 Å². The van der Waals surface area contributed by atoms with Gasteiger partial charge >= 0.3 is 0 Å². The van der Waals surface area contributed by atoms with Crippen LogP contribution in [0.15, 0.2) is 24.3 Å². The highest BCUT2D eigenvalue weighted by Crippen LogP contribution is 2.37. The molecule has 0 atom stereocenters. The highest BCUT2D eigenvalue weighted by atomic mass is 16.6. The lowest BCUT2D eigenvalue weighted by Gasteiger charge is -2.32. The van der Waals surface area contributed by atoms with E-state index >= 15 is 0 Å². The van der Waals surface area contributed by atoms with E-state index in [1.807, 2.05) is 18.2 Å². The molecule has 2 aromatic carbocycles. The van der Waals surface area contributed by atoms with E-state index in [0.29, 0.717) is 30.2 Å². The van der Waals surface area contributed by atoms with E-state index in [1.165, 1.54) is 11.6 Å². The van der Waals surface area contributed by atoms with Gasteiger partial charge in [-0.1, -0.05) is 0 Å². The first-order valence-electron chi connectivity index (χ1n) is 8.16. The molecule has 0 aromatic heterocycles. The average molecular weight is 353 g/mol. The maximum absolute atomic E-state index is 11.3. The Morgan fingerprint density at radius 2 is 1.81 bits per heavy atom. The van der Waals surface area contributed by atoms with E-state index in [1.54, 1.807) is 27.2 Å². The number of nitro benzene ring substituents is 1. The van der Waals surface area contributed by atoms with E-state index in [2.05, 4.69) is 4.90 Å². The lowest BCUT2D eigenvalue weighted by Crippen LogP contribution is -2.31. The van der Waals surface area contributed by atoms with Gasteiger partial charge in [0.2, 0.25) is 0 Å². The third-order valence-electron chi connectivity index (χ3n) is 4.74. The molecule has 2 aromatic rings. The van der Waals surface area contributed by atoms with Crippen LogP contribution in [0.25, 0.3) is 0 Å². The van der Waals surface area contributed by atoms with Gasteiger partial charge in [-0.05, 0) is 42.7 Å². The fraction of sp³-hybridized carbons (Fsp3) is 0.316. The van der Waals surface area contributed by atoms with Crippen molar-refractivity contribution in [3.63, 3.8) is 0 Å². The predicted octanol–water partition coefficient (Wildman–Crippen LogP) is 3.35. The van der Waals surface area contributed by atoms with Crippen LogP contribution < -0.4 is 14.4 Å². The minimum absolute atomic E-state index is 0.0304. The minimum Gasteiger partial charge on any atom is -0.493 e. The quantitative estimate of drug-likeness (QED) is 0.618. The monoisotopic (exact) mass is 353 g/mol. The molecule has 7 heteroatoms. The maximum atomic E-state index is 11.3. The van der Waals surface area contributed by atoms with Crippen LogP contribution in [0.5, 0.6) is 11.5 Å². The first-order valence-corrected chi connectivity index (χ1v) is 8.16. The lowest BCUT2D eigenvalue weighted by molar-refractivity contribution is -0.385. The summed E-state index contributed by atoms with van der Waals surface area (Å²) in [5.74, 6) is 1.35. The topological polar surface area (TPSA) is 88.6 Å². The van der Waals surface area contributed by atoms with Crippen LogP contribution in [-0.2, 0) is 13.0 Å². The second-order valence-electron chi connectivity index (χ2n) is 6.16. The molecule has 0 radical (unpaired) electrons. The first kappa shape index (κ1) is 17.5. The summed E-state index contributed by atoms with van der Waals surface area (Å²) >= 11 is 0.